The average molecular weight is 418 g/mol. The molecule has 3 aromatic rings. The first-order chi connectivity index (χ1) is 14.7. The summed E-state index contributed by atoms with van der Waals surface area (Å²) in [5.41, 5.74) is 2.48. The van der Waals surface area contributed by atoms with Crippen molar-refractivity contribution in [2.24, 2.45) is 0 Å². The van der Waals surface area contributed by atoms with E-state index in [9.17, 15) is 4.79 Å². The second-order valence-electron chi connectivity index (χ2n) is 7.59. The standard InChI is InChI=1S/C26H27NO2S/c1-20-25(28)27(18-9-8-13-21-11-4-2-5-12-21)26(30-20)22-14-10-17-24(19-22)29-23-15-6-3-7-16-23/h2-7,10-12,14-17,19-20,26H,8-9,13,18H2,1H3/t20-,26+/m0/s1. The summed E-state index contributed by atoms with van der Waals surface area (Å²) < 4.78 is 6.00. The molecule has 0 N–H and O–H groups in total. The Labute approximate surface area is 183 Å². The van der Waals surface area contributed by atoms with E-state index in [1.54, 1.807) is 11.8 Å². The monoisotopic (exact) mass is 417 g/mol. The van der Waals surface area contributed by atoms with E-state index in [0.29, 0.717) is 0 Å². The molecular formula is C26H27NO2S. The number of rotatable bonds is 8. The van der Waals surface area contributed by atoms with Crippen LogP contribution in [-0.4, -0.2) is 22.6 Å². The first kappa shape index (κ1) is 20.5. The molecule has 1 aliphatic heterocycles. The van der Waals surface area contributed by atoms with Crippen molar-refractivity contribution < 1.29 is 9.53 Å². The molecule has 2 atom stereocenters. The highest BCUT2D eigenvalue weighted by Crippen LogP contribution is 2.43. The van der Waals surface area contributed by atoms with Crippen LogP contribution in [0.1, 0.15) is 36.3 Å². The molecule has 0 saturated carbocycles. The highest BCUT2D eigenvalue weighted by molar-refractivity contribution is 8.01. The van der Waals surface area contributed by atoms with Gasteiger partial charge in [0.15, 0.2) is 0 Å². The topological polar surface area (TPSA) is 29.5 Å². The van der Waals surface area contributed by atoms with Crippen molar-refractivity contribution in [1.82, 2.24) is 4.90 Å². The number of unbranched alkanes of at least 4 members (excludes halogenated alkanes) is 1. The van der Waals surface area contributed by atoms with Crippen LogP contribution in [-0.2, 0) is 11.2 Å². The summed E-state index contributed by atoms with van der Waals surface area (Å²) in [6.07, 6.45) is 3.14. The second kappa shape index (κ2) is 9.86. The summed E-state index contributed by atoms with van der Waals surface area (Å²) in [4.78, 5) is 14.8. The van der Waals surface area contributed by atoms with Gasteiger partial charge in [-0.2, -0.15) is 0 Å². The van der Waals surface area contributed by atoms with Gasteiger partial charge < -0.3 is 9.64 Å². The third kappa shape index (κ3) is 5.06. The fraction of sp³-hybridized carbons (Fsp3) is 0.269. The molecule has 1 aliphatic rings. The van der Waals surface area contributed by atoms with Crippen LogP contribution in [0.5, 0.6) is 11.5 Å². The number of benzene rings is 3. The number of nitrogens with zero attached hydrogens (tertiary/aromatic N) is 1. The van der Waals surface area contributed by atoms with Gasteiger partial charge in [-0.05, 0) is 61.6 Å². The minimum absolute atomic E-state index is 0.0113. The van der Waals surface area contributed by atoms with Gasteiger partial charge in [0, 0.05) is 6.54 Å². The first-order valence-corrected chi connectivity index (χ1v) is 11.5. The number of ether oxygens (including phenoxy) is 1. The molecule has 0 bridgehead atoms. The van der Waals surface area contributed by atoms with Crippen molar-refractivity contribution in [3.63, 3.8) is 0 Å². The van der Waals surface area contributed by atoms with E-state index in [1.807, 2.05) is 60.4 Å². The summed E-state index contributed by atoms with van der Waals surface area (Å²) in [5, 5.41) is 0.0337. The third-order valence-electron chi connectivity index (χ3n) is 5.33. The number of hydrogen-bond donors (Lipinski definition) is 0. The maximum absolute atomic E-state index is 12.8. The minimum atomic E-state index is -0.0113. The maximum atomic E-state index is 12.8. The van der Waals surface area contributed by atoms with Crippen molar-refractivity contribution in [2.75, 3.05) is 6.54 Å². The van der Waals surface area contributed by atoms with Crippen molar-refractivity contribution in [3.8, 4) is 11.5 Å². The predicted octanol–water partition coefficient (Wildman–Crippen LogP) is 6.46. The molecule has 0 unspecified atom stereocenters. The van der Waals surface area contributed by atoms with Crippen LogP contribution in [0.15, 0.2) is 84.9 Å². The Hall–Kier alpha value is -2.72. The van der Waals surface area contributed by atoms with Gasteiger partial charge >= 0.3 is 0 Å². The van der Waals surface area contributed by atoms with Crippen molar-refractivity contribution in [2.45, 2.75) is 36.8 Å². The Morgan fingerprint density at radius 3 is 2.33 bits per heavy atom. The third-order valence-corrected chi connectivity index (χ3v) is 6.72. The maximum Gasteiger partial charge on any atom is 0.236 e. The minimum Gasteiger partial charge on any atom is -0.457 e. The van der Waals surface area contributed by atoms with Crippen LogP contribution in [0.25, 0.3) is 0 Å². The van der Waals surface area contributed by atoms with Gasteiger partial charge in [-0.3, -0.25) is 4.79 Å². The normalized spacial score (nSPS) is 18.6. The number of carbonyl (C=O) groups is 1. The van der Waals surface area contributed by atoms with Crippen molar-refractivity contribution in [3.05, 3.63) is 96.1 Å². The molecule has 0 radical (unpaired) electrons. The molecule has 4 rings (SSSR count). The molecule has 30 heavy (non-hydrogen) atoms. The lowest BCUT2D eigenvalue weighted by Gasteiger charge is -2.24. The Kier molecular flexibility index (Phi) is 6.75. The van der Waals surface area contributed by atoms with Crippen molar-refractivity contribution in [1.29, 1.82) is 0 Å². The Bertz CT molecular complexity index is 961. The van der Waals surface area contributed by atoms with Gasteiger partial charge in [-0.25, -0.2) is 0 Å². The van der Waals surface area contributed by atoms with Crippen LogP contribution < -0.4 is 4.74 Å². The zero-order valence-electron chi connectivity index (χ0n) is 17.2. The number of aryl methyl sites for hydroxylation is 1. The highest BCUT2D eigenvalue weighted by Gasteiger charge is 2.38. The van der Waals surface area contributed by atoms with Crippen LogP contribution in [0.2, 0.25) is 0 Å². The quantitative estimate of drug-likeness (QED) is 0.394. The van der Waals surface area contributed by atoms with E-state index in [4.69, 9.17) is 4.74 Å². The van der Waals surface area contributed by atoms with Gasteiger partial charge in [0.05, 0.1) is 5.25 Å². The van der Waals surface area contributed by atoms with Crippen LogP contribution in [0.3, 0.4) is 0 Å². The fourth-order valence-corrected chi connectivity index (χ4v) is 5.07. The Morgan fingerprint density at radius 2 is 1.57 bits per heavy atom. The Balaban J connectivity index is 1.41. The van der Waals surface area contributed by atoms with Crippen LogP contribution >= 0.6 is 11.8 Å². The molecule has 0 spiro atoms. The Morgan fingerprint density at radius 1 is 0.867 bits per heavy atom. The molecule has 0 aromatic heterocycles. The molecule has 3 nitrogen and oxygen atoms in total. The summed E-state index contributed by atoms with van der Waals surface area (Å²) in [6, 6.07) is 28.5. The summed E-state index contributed by atoms with van der Waals surface area (Å²) in [5.74, 6) is 1.85. The zero-order valence-corrected chi connectivity index (χ0v) is 18.1. The number of thioether (sulfide) groups is 1. The predicted molar refractivity (Wildman–Crippen MR) is 124 cm³/mol. The van der Waals surface area contributed by atoms with E-state index >= 15 is 0 Å². The molecular weight excluding hydrogens is 390 g/mol. The van der Waals surface area contributed by atoms with Gasteiger partial charge in [0.25, 0.3) is 0 Å². The van der Waals surface area contributed by atoms with E-state index in [1.165, 1.54) is 5.56 Å². The van der Waals surface area contributed by atoms with E-state index in [0.717, 1.165) is 42.9 Å². The van der Waals surface area contributed by atoms with Gasteiger partial charge in [0.2, 0.25) is 5.91 Å². The summed E-state index contributed by atoms with van der Waals surface area (Å²) >= 11 is 1.73. The van der Waals surface area contributed by atoms with Gasteiger partial charge in [-0.15, -0.1) is 11.8 Å². The molecule has 3 aromatic carbocycles. The molecule has 154 valence electrons. The number of para-hydroxylation sites is 1. The zero-order chi connectivity index (χ0) is 20.8. The van der Waals surface area contributed by atoms with E-state index < -0.39 is 0 Å². The smallest absolute Gasteiger partial charge is 0.236 e. The second-order valence-corrected chi connectivity index (χ2v) is 9.02. The largest absolute Gasteiger partial charge is 0.457 e. The highest BCUT2D eigenvalue weighted by atomic mass is 32.2. The lowest BCUT2D eigenvalue weighted by molar-refractivity contribution is -0.129. The van der Waals surface area contributed by atoms with Crippen molar-refractivity contribution >= 4 is 17.7 Å². The van der Waals surface area contributed by atoms with Crippen LogP contribution in [0.4, 0.5) is 0 Å². The lowest BCUT2D eigenvalue weighted by Crippen LogP contribution is -2.31. The molecule has 1 fully saturated rings. The number of amides is 1. The van der Waals surface area contributed by atoms with Crippen LogP contribution in [0, 0.1) is 0 Å². The molecule has 1 amide bonds. The van der Waals surface area contributed by atoms with Gasteiger partial charge in [0.1, 0.15) is 16.9 Å². The SMILES string of the molecule is C[C@@H]1S[C@H](c2cccc(Oc3ccccc3)c2)N(CCCCc2ccccc2)C1=O. The lowest BCUT2D eigenvalue weighted by atomic mass is 10.1. The first-order valence-electron chi connectivity index (χ1n) is 10.5. The summed E-state index contributed by atoms with van der Waals surface area (Å²) in [6.45, 7) is 2.80. The summed E-state index contributed by atoms with van der Waals surface area (Å²) in [7, 11) is 0. The number of hydrogen-bond acceptors (Lipinski definition) is 3. The molecule has 1 heterocycles. The molecule has 0 aliphatic carbocycles. The fourth-order valence-electron chi connectivity index (χ4n) is 3.77. The average Bonchev–Trinajstić information content (AvgIpc) is 3.07. The number of carbonyl (C=O) groups excluding carboxylic acids is 1. The molecule has 1 saturated heterocycles. The van der Waals surface area contributed by atoms with E-state index in [-0.39, 0.29) is 16.5 Å². The van der Waals surface area contributed by atoms with E-state index in [2.05, 4.69) is 36.4 Å². The molecule has 4 heteroatoms. The van der Waals surface area contributed by atoms with Gasteiger partial charge in [-0.1, -0.05) is 60.7 Å².